The van der Waals surface area contributed by atoms with Crippen LogP contribution < -0.4 is 5.32 Å². The van der Waals surface area contributed by atoms with E-state index in [1.54, 1.807) is 0 Å². The van der Waals surface area contributed by atoms with E-state index in [0.717, 1.165) is 12.8 Å². The van der Waals surface area contributed by atoms with Crippen LogP contribution in [0.25, 0.3) is 0 Å². The number of nitrogens with one attached hydrogen (secondary N) is 1. The molecular formula is C10H21NO. The molecule has 0 aromatic carbocycles. The van der Waals surface area contributed by atoms with Gasteiger partial charge in [0.15, 0.2) is 0 Å². The van der Waals surface area contributed by atoms with E-state index in [1.165, 1.54) is 25.8 Å². The molecular weight excluding hydrogens is 150 g/mol. The molecule has 0 saturated carbocycles. The number of piperidine rings is 1. The summed E-state index contributed by atoms with van der Waals surface area (Å²) in [4.78, 5) is 0. The van der Waals surface area contributed by atoms with E-state index in [9.17, 15) is 0 Å². The fourth-order valence-electron chi connectivity index (χ4n) is 1.90. The SMILES string of the molecule is CCC(CO)CC1CCCCN1. The highest BCUT2D eigenvalue weighted by Crippen LogP contribution is 2.16. The van der Waals surface area contributed by atoms with Crippen LogP contribution in [0.1, 0.15) is 39.0 Å². The fraction of sp³-hybridized carbons (Fsp3) is 1.00. The first kappa shape index (κ1) is 10.0. The molecule has 2 N–H and O–H groups in total. The Balaban J connectivity index is 2.18. The number of aliphatic hydroxyl groups excluding tert-OH is 1. The van der Waals surface area contributed by atoms with Crippen LogP contribution >= 0.6 is 0 Å². The quantitative estimate of drug-likeness (QED) is 0.672. The lowest BCUT2D eigenvalue weighted by molar-refractivity contribution is 0.194. The Bertz CT molecular complexity index is 106. The van der Waals surface area contributed by atoms with E-state index in [-0.39, 0.29) is 0 Å². The zero-order valence-electron chi connectivity index (χ0n) is 8.05. The Morgan fingerprint density at radius 2 is 2.33 bits per heavy atom. The molecule has 72 valence electrons. The second kappa shape index (κ2) is 5.55. The smallest absolute Gasteiger partial charge is 0.0459 e. The van der Waals surface area contributed by atoms with Crippen LogP contribution in [0.5, 0.6) is 0 Å². The van der Waals surface area contributed by atoms with E-state index in [0.29, 0.717) is 18.6 Å². The average Bonchev–Trinajstić information content (AvgIpc) is 2.16. The second-order valence-corrected chi connectivity index (χ2v) is 3.84. The van der Waals surface area contributed by atoms with Crippen molar-refractivity contribution in [3.63, 3.8) is 0 Å². The molecule has 2 atom stereocenters. The van der Waals surface area contributed by atoms with Crippen molar-refractivity contribution >= 4 is 0 Å². The van der Waals surface area contributed by atoms with Gasteiger partial charge in [-0.15, -0.1) is 0 Å². The third kappa shape index (κ3) is 3.11. The number of aliphatic hydroxyl groups is 1. The van der Waals surface area contributed by atoms with Gasteiger partial charge in [-0.3, -0.25) is 0 Å². The molecule has 2 heteroatoms. The number of hydrogen-bond donors (Lipinski definition) is 2. The summed E-state index contributed by atoms with van der Waals surface area (Å²) in [6.45, 7) is 3.69. The monoisotopic (exact) mass is 171 g/mol. The Labute approximate surface area is 75.4 Å². The Kier molecular flexibility index (Phi) is 4.62. The predicted octanol–water partition coefficient (Wildman–Crippen LogP) is 1.54. The van der Waals surface area contributed by atoms with Crippen LogP contribution in [0.15, 0.2) is 0 Å². The van der Waals surface area contributed by atoms with Gasteiger partial charge in [0, 0.05) is 12.6 Å². The molecule has 12 heavy (non-hydrogen) atoms. The van der Waals surface area contributed by atoms with Crippen molar-refractivity contribution in [2.24, 2.45) is 5.92 Å². The number of hydrogen-bond acceptors (Lipinski definition) is 2. The van der Waals surface area contributed by atoms with Crippen LogP contribution in [-0.4, -0.2) is 24.3 Å². The zero-order chi connectivity index (χ0) is 8.81. The standard InChI is InChI=1S/C10H21NO/c1-2-9(8-12)7-10-5-3-4-6-11-10/h9-12H,2-8H2,1H3. The topological polar surface area (TPSA) is 32.3 Å². The molecule has 1 fully saturated rings. The van der Waals surface area contributed by atoms with E-state index in [1.807, 2.05) is 0 Å². The van der Waals surface area contributed by atoms with Crippen molar-refractivity contribution in [2.75, 3.05) is 13.2 Å². The molecule has 2 unspecified atom stereocenters. The predicted molar refractivity (Wildman–Crippen MR) is 51.1 cm³/mol. The molecule has 1 saturated heterocycles. The van der Waals surface area contributed by atoms with Gasteiger partial charge < -0.3 is 10.4 Å². The third-order valence-corrected chi connectivity index (χ3v) is 2.87. The van der Waals surface area contributed by atoms with Crippen LogP contribution in [-0.2, 0) is 0 Å². The second-order valence-electron chi connectivity index (χ2n) is 3.84. The van der Waals surface area contributed by atoms with E-state index < -0.39 is 0 Å². The first-order valence-corrected chi connectivity index (χ1v) is 5.21. The summed E-state index contributed by atoms with van der Waals surface area (Å²) >= 11 is 0. The molecule has 0 radical (unpaired) electrons. The van der Waals surface area contributed by atoms with Gasteiger partial charge in [-0.2, -0.15) is 0 Å². The van der Waals surface area contributed by atoms with Crippen molar-refractivity contribution in [3.8, 4) is 0 Å². The Morgan fingerprint density at radius 3 is 2.83 bits per heavy atom. The minimum absolute atomic E-state index is 0.356. The van der Waals surface area contributed by atoms with Crippen molar-refractivity contribution in [1.82, 2.24) is 5.32 Å². The lowest BCUT2D eigenvalue weighted by Crippen LogP contribution is -2.35. The third-order valence-electron chi connectivity index (χ3n) is 2.87. The Morgan fingerprint density at radius 1 is 1.50 bits per heavy atom. The van der Waals surface area contributed by atoms with Crippen molar-refractivity contribution in [1.29, 1.82) is 0 Å². The minimum atomic E-state index is 0.356. The first-order chi connectivity index (χ1) is 5.86. The summed E-state index contributed by atoms with van der Waals surface area (Å²) in [6.07, 6.45) is 6.25. The molecule has 1 aliphatic rings. The van der Waals surface area contributed by atoms with Crippen LogP contribution in [0, 0.1) is 5.92 Å². The van der Waals surface area contributed by atoms with Crippen LogP contribution in [0.4, 0.5) is 0 Å². The molecule has 0 aromatic rings. The van der Waals surface area contributed by atoms with E-state index in [2.05, 4.69) is 12.2 Å². The molecule has 0 aromatic heterocycles. The van der Waals surface area contributed by atoms with E-state index >= 15 is 0 Å². The molecule has 0 bridgehead atoms. The highest BCUT2D eigenvalue weighted by atomic mass is 16.3. The summed E-state index contributed by atoms with van der Waals surface area (Å²) in [5, 5.41) is 12.5. The maximum absolute atomic E-state index is 9.03. The molecule has 0 spiro atoms. The summed E-state index contributed by atoms with van der Waals surface area (Å²) in [7, 11) is 0. The lowest BCUT2D eigenvalue weighted by Gasteiger charge is -2.26. The van der Waals surface area contributed by atoms with Crippen LogP contribution in [0.2, 0.25) is 0 Å². The molecule has 1 rings (SSSR count). The van der Waals surface area contributed by atoms with E-state index in [4.69, 9.17) is 5.11 Å². The van der Waals surface area contributed by atoms with Gasteiger partial charge in [0.05, 0.1) is 0 Å². The highest BCUT2D eigenvalue weighted by Gasteiger charge is 2.16. The normalized spacial score (nSPS) is 27.0. The van der Waals surface area contributed by atoms with Gasteiger partial charge >= 0.3 is 0 Å². The van der Waals surface area contributed by atoms with Crippen molar-refractivity contribution < 1.29 is 5.11 Å². The summed E-state index contributed by atoms with van der Waals surface area (Å²) in [5.74, 6) is 0.514. The maximum atomic E-state index is 9.03. The lowest BCUT2D eigenvalue weighted by atomic mass is 9.93. The molecule has 1 heterocycles. The molecule has 2 nitrogen and oxygen atoms in total. The molecule has 1 aliphatic heterocycles. The number of rotatable bonds is 4. The fourth-order valence-corrected chi connectivity index (χ4v) is 1.90. The van der Waals surface area contributed by atoms with Crippen LogP contribution in [0.3, 0.4) is 0 Å². The van der Waals surface area contributed by atoms with Crippen molar-refractivity contribution in [3.05, 3.63) is 0 Å². The van der Waals surface area contributed by atoms with Gasteiger partial charge in [-0.05, 0) is 31.7 Å². The zero-order valence-corrected chi connectivity index (χ0v) is 8.05. The highest BCUT2D eigenvalue weighted by molar-refractivity contribution is 4.74. The first-order valence-electron chi connectivity index (χ1n) is 5.21. The van der Waals surface area contributed by atoms with Gasteiger partial charge in [0.1, 0.15) is 0 Å². The van der Waals surface area contributed by atoms with Gasteiger partial charge in [-0.1, -0.05) is 19.8 Å². The van der Waals surface area contributed by atoms with Gasteiger partial charge in [0.25, 0.3) is 0 Å². The summed E-state index contributed by atoms with van der Waals surface area (Å²) < 4.78 is 0. The Hall–Kier alpha value is -0.0800. The average molecular weight is 171 g/mol. The molecule has 0 aliphatic carbocycles. The minimum Gasteiger partial charge on any atom is -0.396 e. The van der Waals surface area contributed by atoms with Gasteiger partial charge in [-0.25, -0.2) is 0 Å². The molecule has 0 amide bonds. The largest absolute Gasteiger partial charge is 0.396 e. The summed E-state index contributed by atoms with van der Waals surface area (Å²) in [6, 6.07) is 0.677. The van der Waals surface area contributed by atoms with Gasteiger partial charge in [0.2, 0.25) is 0 Å². The van der Waals surface area contributed by atoms with Crippen molar-refractivity contribution in [2.45, 2.75) is 45.1 Å². The summed E-state index contributed by atoms with van der Waals surface area (Å²) in [5.41, 5.74) is 0. The maximum Gasteiger partial charge on any atom is 0.0459 e.